The van der Waals surface area contributed by atoms with Crippen LogP contribution in [0, 0.1) is 11.2 Å². The molecule has 0 saturated heterocycles. The number of carbonyl (C=O) groups is 2. The highest BCUT2D eigenvalue weighted by molar-refractivity contribution is 6.30. The van der Waals surface area contributed by atoms with Crippen molar-refractivity contribution in [3.63, 3.8) is 0 Å². The predicted octanol–water partition coefficient (Wildman–Crippen LogP) is 7.66. The first-order valence-electron chi connectivity index (χ1n) is 17.3. The molecule has 0 fully saturated rings. The van der Waals surface area contributed by atoms with E-state index in [1.165, 1.54) is 11.6 Å². The Morgan fingerprint density at radius 1 is 0.961 bits per heavy atom. The predicted molar refractivity (Wildman–Crippen MR) is 199 cm³/mol. The van der Waals surface area contributed by atoms with Gasteiger partial charge in [-0.2, -0.15) is 0 Å². The van der Waals surface area contributed by atoms with Gasteiger partial charge in [-0.1, -0.05) is 93.0 Å². The molecule has 270 valence electrons. The van der Waals surface area contributed by atoms with E-state index in [2.05, 4.69) is 34.9 Å². The van der Waals surface area contributed by atoms with Crippen LogP contribution in [0.25, 0.3) is 0 Å². The van der Waals surface area contributed by atoms with Crippen LogP contribution in [-0.4, -0.2) is 51.3 Å². The molecule has 0 spiro atoms. The second-order valence-corrected chi connectivity index (χ2v) is 14.3. The first-order chi connectivity index (χ1) is 24.5. The van der Waals surface area contributed by atoms with E-state index in [1.54, 1.807) is 42.3 Å². The van der Waals surface area contributed by atoms with E-state index in [-0.39, 0.29) is 24.3 Å². The first kappa shape index (κ1) is 37.8. The Balaban J connectivity index is 1.38. The number of fused-ring (bicyclic) bond motifs is 1. The van der Waals surface area contributed by atoms with Crippen molar-refractivity contribution in [3.05, 3.63) is 124 Å². The molecule has 1 heterocycles. The monoisotopic (exact) mass is 715 g/mol. The Hall–Kier alpha value is -4.44. The molecule has 0 radical (unpaired) electrons. The molecule has 2 amide bonds. The van der Waals surface area contributed by atoms with Gasteiger partial charge in [-0.05, 0) is 60.7 Å². The van der Waals surface area contributed by atoms with Gasteiger partial charge in [0.15, 0.2) is 11.5 Å². The first-order valence-corrected chi connectivity index (χ1v) is 17.7. The number of nitrogens with one attached hydrogen (secondary N) is 2. The zero-order valence-electron chi connectivity index (χ0n) is 29.7. The number of carbonyl (C=O) groups excluding carboxylic acids is 2. The van der Waals surface area contributed by atoms with Gasteiger partial charge in [0, 0.05) is 47.0 Å². The summed E-state index contributed by atoms with van der Waals surface area (Å²) < 4.78 is 33.1. The largest absolute Gasteiger partial charge is 0.492 e. The lowest BCUT2D eigenvalue weighted by Crippen LogP contribution is -2.45. The summed E-state index contributed by atoms with van der Waals surface area (Å²) in [5.41, 5.74) is 3.28. The number of hydrogen-bond acceptors (Lipinski definition) is 6. The molecule has 10 heteroatoms. The summed E-state index contributed by atoms with van der Waals surface area (Å²) in [6.07, 6.45) is -0.274. The van der Waals surface area contributed by atoms with E-state index in [4.69, 9.17) is 25.8 Å². The van der Waals surface area contributed by atoms with Gasteiger partial charge in [0.25, 0.3) is 5.91 Å². The summed E-state index contributed by atoms with van der Waals surface area (Å²) in [6.45, 7) is 8.36. The second kappa shape index (κ2) is 17.7. The third kappa shape index (κ3) is 10.3. The minimum Gasteiger partial charge on any atom is -0.492 e. The van der Waals surface area contributed by atoms with Crippen molar-refractivity contribution < 1.29 is 28.2 Å². The summed E-state index contributed by atoms with van der Waals surface area (Å²) >= 11 is 6.58. The Kier molecular flexibility index (Phi) is 13.1. The van der Waals surface area contributed by atoms with E-state index < -0.39 is 23.9 Å². The highest BCUT2D eigenvalue weighted by atomic mass is 35.5. The fourth-order valence-electron chi connectivity index (χ4n) is 6.15. The van der Waals surface area contributed by atoms with E-state index in [0.717, 1.165) is 19.4 Å². The molecule has 8 nitrogen and oxygen atoms in total. The van der Waals surface area contributed by atoms with Crippen LogP contribution in [-0.2, 0) is 27.3 Å². The van der Waals surface area contributed by atoms with Gasteiger partial charge in [0.05, 0.1) is 13.5 Å². The number of ether oxygens (including phenoxy) is 3. The minimum absolute atomic E-state index is 0.0214. The Bertz CT molecular complexity index is 1780. The molecule has 1 aliphatic rings. The standard InChI is InChI=1S/C41H47ClFN3O5/c1-41(2,3)27-46-34-20-19-30(42)24-32(34)38(51-36(40(46)48)25-37(47)45-26-29-15-8-9-17-33(29)43)31-16-10-18-35(39(31)49-4)50-23-22-44-21-11-14-28-12-6-5-7-13-28/h5-10,12-13,15-20,24,36,38,44H,11,14,21-23,25-27H2,1-4H3,(H,45,47)/t36-,38-/m1/s1. The summed E-state index contributed by atoms with van der Waals surface area (Å²) in [5.74, 6) is -0.250. The van der Waals surface area contributed by atoms with Gasteiger partial charge in [-0.3, -0.25) is 9.59 Å². The van der Waals surface area contributed by atoms with Crippen LogP contribution in [0.5, 0.6) is 11.5 Å². The number of nitrogens with zero attached hydrogens (tertiary/aromatic N) is 1. The molecule has 4 aromatic rings. The fourth-order valence-corrected chi connectivity index (χ4v) is 6.33. The van der Waals surface area contributed by atoms with Crippen LogP contribution in [0.15, 0.2) is 91.0 Å². The zero-order valence-corrected chi connectivity index (χ0v) is 30.5. The number of methoxy groups -OCH3 is 1. The molecule has 1 aliphatic heterocycles. The maximum atomic E-state index is 14.3. The lowest BCUT2D eigenvalue weighted by Gasteiger charge is -2.31. The molecular formula is C41H47ClFN3O5. The highest BCUT2D eigenvalue weighted by Gasteiger charge is 2.40. The number of amides is 2. The van der Waals surface area contributed by atoms with Crippen molar-refractivity contribution in [2.24, 2.45) is 5.41 Å². The molecule has 2 N–H and O–H groups in total. The van der Waals surface area contributed by atoms with Crippen LogP contribution in [0.3, 0.4) is 0 Å². The second-order valence-electron chi connectivity index (χ2n) is 13.8. The van der Waals surface area contributed by atoms with Gasteiger partial charge in [0.1, 0.15) is 24.6 Å². The van der Waals surface area contributed by atoms with Gasteiger partial charge >= 0.3 is 0 Å². The maximum Gasteiger partial charge on any atom is 0.256 e. The van der Waals surface area contributed by atoms with Crippen LogP contribution in [0.2, 0.25) is 5.02 Å². The van der Waals surface area contributed by atoms with Gasteiger partial charge in [0.2, 0.25) is 5.91 Å². The topological polar surface area (TPSA) is 89.1 Å². The van der Waals surface area contributed by atoms with Crippen molar-refractivity contribution in [3.8, 4) is 11.5 Å². The molecule has 5 rings (SSSR count). The Morgan fingerprint density at radius 3 is 2.47 bits per heavy atom. The van der Waals surface area contributed by atoms with Crippen LogP contribution >= 0.6 is 11.6 Å². The van der Waals surface area contributed by atoms with Crippen molar-refractivity contribution in [1.82, 2.24) is 10.6 Å². The van der Waals surface area contributed by atoms with E-state index >= 15 is 0 Å². The molecule has 0 aliphatic carbocycles. The van der Waals surface area contributed by atoms with Crippen molar-refractivity contribution >= 4 is 29.1 Å². The summed E-state index contributed by atoms with van der Waals surface area (Å²) in [4.78, 5) is 29.3. The number of rotatable bonds is 15. The van der Waals surface area contributed by atoms with E-state index in [1.807, 2.05) is 51.1 Å². The fraction of sp³-hybridized carbons (Fsp3) is 0.366. The van der Waals surface area contributed by atoms with Crippen LogP contribution < -0.4 is 25.0 Å². The molecule has 2 atom stereocenters. The molecule has 0 saturated carbocycles. The summed E-state index contributed by atoms with van der Waals surface area (Å²) in [6, 6.07) is 27.5. The number of halogens is 2. The number of anilines is 1. The Morgan fingerprint density at radius 2 is 1.73 bits per heavy atom. The van der Waals surface area contributed by atoms with Crippen molar-refractivity contribution in [2.45, 2.75) is 58.8 Å². The smallest absolute Gasteiger partial charge is 0.256 e. The minimum atomic E-state index is -1.17. The SMILES string of the molecule is COc1c(OCCNCCCc2ccccc2)cccc1[C@H]1O[C@H](CC(=O)NCc2ccccc2F)C(=O)N(CC(C)(C)C)c2ccc(Cl)cc21. The van der Waals surface area contributed by atoms with Crippen LogP contribution in [0.4, 0.5) is 10.1 Å². The molecule has 0 bridgehead atoms. The number of benzene rings is 4. The molecule has 4 aromatic carbocycles. The quantitative estimate of drug-likeness (QED) is 0.123. The lowest BCUT2D eigenvalue weighted by molar-refractivity contribution is -0.138. The average molecular weight is 716 g/mol. The van der Waals surface area contributed by atoms with Crippen molar-refractivity contribution in [1.29, 1.82) is 0 Å². The molecular weight excluding hydrogens is 669 g/mol. The number of para-hydroxylation sites is 1. The van der Waals surface area contributed by atoms with E-state index in [0.29, 0.717) is 58.6 Å². The number of aryl methyl sites for hydroxylation is 1. The van der Waals surface area contributed by atoms with Crippen LogP contribution in [0.1, 0.15) is 62.0 Å². The normalized spacial score (nSPS) is 16.0. The van der Waals surface area contributed by atoms with Gasteiger partial charge in [-0.25, -0.2) is 4.39 Å². The molecule has 51 heavy (non-hydrogen) atoms. The molecule has 0 aromatic heterocycles. The van der Waals surface area contributed by atoms with Gasteiger partial charge < -0.3 is 29.7 Å². The maximum absolute atomic E-state index is 14.3. The zero-order chi connectivity index (χ0) is 36.4. The average Bonchev–Trinajstić information content (AvgIpc) is 3.21. The number of hydrogen-bond donors (Lipinski definition) is 2. The van der Waals surface area contributed by atoms with E-state index in [9.17, 15) is 14.0 Å². The summed E-state index contributed by atoms with van der Waals surface area (Å²) in [5, 5.41) is 6.66. The third-order valence-electron chi connectivity index (χ3n) is 8.54. The molecule has 0 unspecified atom stereocenters. The van der Waals surface area contributed by atoms with Crippen molar-refractivity contribution in [2.75, 3.05) is 38.3 Å². The third-order valence-corrected chi connectivity index (χ3v) is 8.77. The summed E-state index contributed by atoms with van der Waals surface area (Å²) in [7, 11) is 1.56. The lowest BCUT2D eigenvalue weighted by atomic mass is 9.94. The highest BCUT2D eigenvalue weighted by Crippen LogP contribution is 2.45. The Labute approximate surface area is 305 Å². The van der Waals surface area contributed by atoms with Gasteiger partial charge in [-0.15, -0.1) is 0 Å².